The molecule has 1 aromatic carbocycles. The van der Waals surface area contributed by atoms with Crippen molar-refractivity contribution < 1.29 is 18.4 Å². The highest BCUT2D eigenvalue weighted by atomic mass is 32.2. The fourth-order valence-corrected chi connectivity index (χ4v) is 4.03. The number of primary amides is 1. The van der Waals surface area contributed by atoms with Gasteiger partial charge in [0, 0.05) is 10.5 Å². The number of anilines is 1. The third-order valence-electron chi connectivity index (χ3n) is 2.66. The second-order valence-corrected chi connectivity index (χ2v) is 7.81. The van der Waals surface area contributed by atoms with Crippen LogP contribution in [0.25, 0.3) is 0 Å². The Kier molecular flexibility index (Phi) is 6.58. The van der Waals surface area contributed by atoms with Crippen molar-refractivity contribution >= 4 is 51.8 Å². The second-order valence-electron chi connectivity index (χ2n) is 4.50. The number of alkyl halides is 2. The van der Waals surface area contributed by atoms with Crippen LogP contribution in [0, 0.1) is 6.92 Å². The molecule has 1 heterocycles. The number of halogens is 2. The quantitative estimate of drug-likeness (QED) is 0.707. The average molecular weight is 389 g/mol. The van der Waals surface area contributed by atoms with E-state index in [2.05, 4.69) is 10.3 Å². The van der Waals surface area contributed by atoms with Gasteiger partial charge in [-0.25, -0.2) is 4.98 Å². The monoisotopic (exact) mass is 389 g/mol. The molecule has 5 nitrogen and oxygen atoms in total. The summed E-state index contributed by atoms with van der Waals surface area (Å²) >= 11 is 2.93. The predicted molar refractivity (Wildman–Crippen MR) is 93.0 cm³/mol. The molecule has 128 valence electrons. The molecule has 0 aliphatic heterocycles. The van der Waals surface area contributed by atoms with Crippen LogP contribution in [-0.2, 0) is 4.79 Å². The number of hydrogen-bond acceptors (Lipinski definition) is 6. The topological polar surface area (TPSA) is 85.1 Å². The van der Waals surface area contributed by atoms with Crippen LogP contribution in [0.5, 0.6) is 0 Å². The van der Waals surface area contributed by atoms with Gasteiger partial charge in [-0.2, -0.15) is 8.78 Å². The third-order valence-corrected chi connectivity index (χ3v) is 5.84. The molecule has 1 aromatic heterocycles. The number of thioether (sulfide) groups is 2. The van der Waals surface area contributed by atoms with E-state index in [0.29, 0.717) is 33.0 Å². The van der Waals surface area contributed by atoms with E-state index in [1.165, 1.54) is 47.4 Å². The van der Waals surface area contributed by atoms with Crippen molar-refractivity contribution in [2.75, 3.05) is 11.1 Å². The molecule has 0 atom stereocenters. The van der Waals surface area contributed by atoms with Gasteiger partial charge in [-0.1, -0.05) is 23.1 Å². The summed E-state index contributed by atoms with van der Waals surface area (Å²) in [7, 11) is 0. The van der Waals surface area contributed by atoms with Crippen molar-refractivity contribution in [1.29, 1.82) is 0 Å². The molecule has 10 heteroatoms. The zero-order valence-corrected chi connectivity index (χ0v) is 14.9. The summed E-state index contributed by atoms with van der Waals surface area (Å²) in [5, 5.41) is 3.05. The molecule has 3 N–H and O–H groups in total. The van der Waals surface area contributed by atoms with Crippen molar-refractivity contribution in [2.45, 2.75) is 21.8 Å². The first kappa shape index (κ1) is 18.7. The second kappa shape index (κ2) is 8.45. The highest BCUT2D eigenvalue weighted by Gasteiger charge is 2.13. The van der Waals surface area contributed by atoms with E-state index in [0.717, 1.165) is 4.21 Å². The van der Waals surface area contributed by atoms with Crippen molar-refractivity contribution in [3.8, 4) is 0 Å². The molecule has 24 heavy (non-hydrogen) atoms. The van der Waals surface area contributed by atoms with Crippen LogP contribution in [0.4, 0.5) is 13.9 Å². The van der Waals surface area contributed by atoms with Crippen LogP contribution in [0.1, 0.15) is 16.1 Å². The van der Waals surface area contributed by atoms with Crippen LogP contribution in [-0.4, -0.2) is 28.3 Å². The summed E-state index contributed by atoms with van der Waals surface area (Å²) in [6.07, 6.45) is 0. The van der Waals surface area contributed by atoms with Crippen molar-refractivity contribution in [3.63, 3.8) is 0 Å². The molecule has 2 aromatic rings. The molecule has 2 rings (SSSR count). The Morgan fingerprint density at radius 2 is 2.00 bits per heavy atom. The molecule has 0 saturated heterocycles. The lowest BCUT2D eigenvalue weighted by Gasteiger charge is -2.03. The minimum Gasteiger partial charge on any atom is -0.369 e. The molecule has 0 aliphatic rings. The highest BCUT2D eigenvalue weighted by Crippen LogP contribution is 2.32. The summed E-state index contributed by atoms with van der Waals surface area (Å²) in [5.74, 6) is -3.18. The van der Waals surface area contributed by atoms with Crippen LogP contribution >= 0.6 is 34.9 Å². The molecule has 0 spiro atoms. The summed E-state index contributed by atoms with van der Waals surface area (Å²) in [4.78, 5) is 27.6. The average Bonchev–Trinajstić information content (AvgIpc) is 2.85. The standard InChI is InChI=1S/C14H13F2N3O2S3/c1-7-12(22-6-10(17)20)24-14(18-7)19-11(21)8-2-4-9(5-3-8)23-13(15)16/h2-5,13H,6H2,1H3,(H2,17,20)(H,18,19,21). The number of benzene rings is 1. The van der Waals surface area contributed by atoms with Crippen molar-refractivity contribution in [1.82, 2.24) is 4.98 Å². The number of aromatic nitrogens is 1. The smallest absolute Gasteiger partial charge is 0.288 e. The van der Waals surface area contributed by atoms with E-state index in [9.17, 15) is 18.4 Å². The number of nitrogens with zero attached hydrogens (tertiary/aromatic N) is 1. The maximum atomic E-state index is 12.3. The summed E-state index contributed by atoms with van der Waals surface area (Å²) < 4.78 is 25.3. The first-order valence-electron chi connectivity index (χ1n) is 6.60. The number of nitrogens with one attached hydrogen (secondary N) is 1. The van der Waals surface area contributed by atoms with Gasteiger partial charge in [-0.3, -0.25) is 14.9 Å². The molecular weight excluding hydrogens is 376 g/mol. The number of thiazole rings is 1. The Morgan fingerprint density at radius 1 is 1.33 bits per heavy atom. The van der Waals surface area contributed by atoms with E-state index in [1.807, 2.05) is 0 Å². The summed E-state index contributed by atoms with van der Waals surface area (Å²) in [5.41, 5.74) is 6.14. The number of amides is 2. The first-order chi connectivity index (χ1) is 11.3. The number of aryl methyl sites for hydroxylation is 1. The predicted octanol–water partition coefficient (Wildman–Crippen LogP) is 3.60. The summed E-state index contributed by atoms with van der Waals surface area (Å²) in [6.45, 7) is 1.77. The lowest BCUT2D eigenvalue weighted by molar-refractivity contribution is -0.115. The largest absolute Gasteiger partial charge is 0.369 e. The molecule has 0 radical (unpaired) electrons. The van der Waals surface area contributed by atoms with Gasteiger partial charge in [0.05, 0.1) is 15.7 Å². The minimum atomic E-state index is -2.50. The van der Waals surface area contributed by atoms with Crippen molar-refractivity contribution in [2.24, 2.45) is 5.73 Å². The van der Waals surface area contributed by atoms with Crippen LogP contribution in [0.3, 0.4) is 0 Å². The Morgan fingerprint density at radius 3 is 2.58 bits per heavy atom. The molecular formula is C14H13F2N3O2S3. The third kappa shape index (κ3) is 5.46. The SMILES string of the molecule is Cc1nc(NC(=O)c2ccc(SC(F)F)cc2)sc1SCC(N)=O. The van der Waals surface area contributed by atoms with E-state index in [4.69, 9.17) is 5.73 Å². The molecule has 0 bridgehead atoms. The normalized spacial score (nSPS) is 10.8. The lowest BCUT2D eigenvalue weighted by atomic mass is 10.2. The molecule has 0 saturated carbocycles. The first-order valence-corrected chi connectivity index (χ1v) is 9.28. The number of carbonyl (C=O) groups excluding carboxylic acids is 2. The van der Waals surface area contributed by atoms with Gasteiger partial charge >= 0.3 is 0 Å². The van der Waals surface area contributed by atoms with E-state index < -0.39 is 11.7 Å². The highest BCUT2D eigenvalue weighted by molar-refractivity contribution is 8.01. The number of rotatable bonds is 7. The zero-order valence-electron chi connectivity index (χ0n) is 12.4. The fourth-order valence-electron chi connectivity index (χ4n) is 1.66. The fraction of sp³-hybridized carbons (Fsp3) is 0.214. The number of carbonyl (C=O) groups is 2. The van der Waals surface area contributed by atoms with Gasteiger partial charge in [-0.15, -0.1) is 11.8 Å². The van der Waals surface area contributed by atoms with Gasteiger partial charge in [0.2, 0.25) is 5.91 Å². The Bertz CT molecular complexity index is 735. The molecule has 2 amide bonds. The van der Waals surface area contributed by atoms with E-state index >= 15 is 0 Å². The van der Waals surface area contributed by atoms with Crippen LogP contribution in [0.15, 0.2) is 33.4 Å². The van der Waals surface area contributed by atoms with Crippen LogP contribution < -0.4 is 11.1 Å². The van der Waals surface area contributed by atoms with Gasteiger partial charge in [0.25, 0.3) is 11.7 Å². The Balaban J connectivity index is 2.01. The number of nitrogens with two attached hydrogens (primary N) is 1. The number of hydrogen-bond donors (Lipinski definition) is 2. The van der Waals surface area contributed by atoms with Gasteiger partial charge in [0.1, 0.15) is 0 Å². The van der Waals surface area contributed by atoms with Gasteiger partial charge in [0.15, 0.2) is 5.13 Å². The van der Waals surface area contributed by atoms with Crippen molar-refractivity contribution in [3.05, 3.63) is 35.5 Å². The zero-order chi connectivity index (χ0) is 17.7. The molecule has 0 fully saturated rings. The Hall–Kier alpha value is -1.65. The maximum Gasteiger partial charge on any atom is 0.288 e. The summed E-state index contributed by atoms with van der Waals surface area (Å²) in [6, 6.07) is 5.88. The van der Waals surface area contributed by atoms with Gasteiger partial charge in [-0.05, 0) is 31.2 Å². The molecule has 0 unspecified atom stereocenters. The minimum absolute atomic E-state index is 0.139. The van der Waals surface area contributed by atoms with E-state index in [1.54, 1.807) is 6.92 Å². The van der Waals surface area contributed by atoms with Crippen LogP contribution in [0.2, 0.25) is 0 Å². The molecule has 0 aliphatic carbocycles. The lowest BCUT2D eigenvalue weighted by Crippen LogP contribution is -2.12. The Labute approximate surface area is 149 Å². The van der Waals surface area contributed by atoms with E-state index in [-0.39, 0.29) is 11.7 Å². The van der Waals surface area contributed by atoms with Gasteiger partial charge < -0.3 is 5.73 Å². The maximum absolute atomic E-state index is 12.3.